The van der Waals surface area contributed by atoms with E-state index in [4.69, 9.17) is 16.6 Å². The molecule has 1 amide bonds. The number of halogens is 1. The van der Waals surface area contributed by atoms with Crippen molar-refractivity contribution in [2.45, 2.75) is 19.3 Å². The maximum Gasteiger partial charge on any atom is 0.264 e. The van der Waals surface area contributed by atoms with Gasteiger partial charge in [-0.15, -0.1) is 0 Å². The molecule has 3 aromatic carbocycles. The Morgan fingerprint density at radius 3 is 2.57 bits per heavy atom. The molecule has 0 saturated carbocycles. The van der Waals surface area contributed by atoms with Crippen LogP contribution in [0.4, 0.5) is 17.1 Å². The molecule has 35 heavy (non-hydrogen) atoms. The molecule has 2 aliphatic rings. The summed E-state index contributed by atoms with van der Waals surface area (Å²) in [5, 5.41) is 4.18. The molecule has 1 fully saturated rings. The van der Waals surface area contributed by atoms with Crippen molar-refractivity contribution in [3.63, 3.8) is 0 Å². The molecule has 0 radical (unpaired) electrons. The summed E-state index contributed by atoms with van der Waals surface area (Å²) in [6.07, 6.45) is 2.31. The van der Waals surface area contributed by atoms with Gasteiger partial charge >= 0.3 is 0 Å². The number of aryl methyl sites for hydroxylation is 1. The number of hydrogen-bond donors (Lipinski definition) is 2. The number of likely N-dealkylation sites (N-methyl/N-ethyl adjacent to an activating group) is 1. The number of hydrogen-bond acceptors (Lipinski definition) is 4. The maximum atomic E-state index is 12.7. The lowest BCUT2D eigenvalue weighted by Crippen LogP contribution is -2.65. The number of amides is 1. The predicted octanol–water partition coefficient (Wildman–Crippen LogP) is 5.29. The van der Waals surface area contributed by atoms with Crippen LogP contribution in [0.5, 0.6) is 0 Å². The molecular weight excluding hydrogens is 458 g/mol. The van der Waals surface area contributed by atoms with Crippen LogP contribution in [0.1, 0.15) is 24.0 Å². The van der Waals surface area contributed by atoms with Gasteiger partial charge in [0.1, 0.15) is 18.9 Å². The largest absolute Gasteiger partial charge is 0.353 e. The van der Waals surface area contributed by atoms with Gasteiger partial charge in [-0.1, -0.05) is 54.1 Å². The number of carbonyl (C=O) groups is 1. The number of piperazine rings is 1. The first-order chi connectivity index (χ1) is 17.0. The Morgan fingerprint density at radius 1 is 1.03 bits per heavy atom. The molecule has 2 heterocycles. The number of fused-ring (bicyclic) bond motifs is 2. The first-order valence-corrected chi connectivity index (χ1v) is 12.6. The summed E-state index contributed by atoms with van der Waals surface area (Å²) in [6.45, 7) is 3.20. The topological polar surface area (TPSA) is 56.7 Å². The Hall–Kier alpha value is -3.35. The number of quaternary nitrogens is 1. The lowest BCUT2D eigenvalue weighted by atomic mass is 10.1. The van der Waals surface area contributed by atoms with Crippen molar-refractivity contribution in [1.82, 2.24) is 10.3 Å². The lowest BCUT2D eigenvalue weighted by Gasteiger charge is -2.42. The van der Waals surface area contributed by atoms with Gasteiger partial charge in [-0.25, -0.2) is 15.0 Å². The fourth-order valence-corrected chi connectivity index (χ4v) is 4.90. The predicted molar refractivity (Wildman–Crippen MR) is 142 cm³/mol. The van der Waals surface area contributed by atoms with Gasteiger partial charge in [-0.05, 0) is 48.7 Å². The van der Waals surface area contributed by atoms with Crippen LogP contribution >= 0.6 is 11.6 Å². The third-order valence-electron chi connectivity index (χ3n) is 6.76. The van der Waals surface area contributed by atoms with Crippen LogP contribution in [0.25, 0.3) is 0 Å². The lowest BCUT2D eigenvalue weighted by molar-refractivity contribution is -0.946. The van der Waals surface area contributed by atoms with Crippen LogP contribution in [0.15, 0.2) is 77.8 Å². The minimum Gasteiger partial charge on any atom is -0.353 e. The second-order valence-corrected chi connectivity index (χ2v) is 9.91. The standard InChI is InChI=1S/C28H30ClN5O/c1-34(32-27(35)13-7-10-21-8-3-2-4-9-21)18-16-33(17-19-34)28-23-11-5-6-12-24(23)30-25-15-14-22(29)20-26(25)31-28/h2-6,8-9,11-12,14-15,20H,7,10,13,16-19H2,1H3,(H-,30,31,32,35)/p+1. The summed E-state index contributed by atoms with van der Waals surface area (Å²) in [4.78, 5) is 20.0. The first kappa shape index (κ1) is 23.4. The second kappa shape index (κ2) is 10.1. The molecule has 0 aromatic heterocycles. The van der Waals surface area contributed by atoms with Gasteiger partial charge in [0, 0.05) is 22.7 Å². The highest BCUT2D eigenvalue weighted by Crippen LogP contribution is 2.36. The number of amidine groups is 1. The SMILES string of the molecule is C[N+]1(NC(=O)CCCc2ccccc2)CCN(C2=Nc3cc(Cl)ccc3Nc3ccccc32)CC1. The second-order valence-electron chi connectivity index (χ2n) is 9.47. The number of anilines is 2. The smallest absolute Gasteiger partial charge is 0.264 e. The molecule has 3 aromatic rings. The Morgan fingerprint density at radius 2 is 1.77 bits per heavy atom. The van der Waals surface area contributed by atoms with Crippen molar-refractivity contribution in [3.05, 3.63) is 88.9 Å². The summed E-state index contributed by atoms with van der Waals surface area (Å²) in [6, 6.07) is 24.3. The van der Waals surface area contributed by atoms with Crippen molar-refractivity contribution in [3.8, 4) is 0 Å². The summed E-state index contributed by atoms with van der Waals surface area (Å²) >= 11 is 6.28. The number of nitrogens with zero attached hydrogens (tertiary/aromatic N) is 3. The van der Waals surface area contributed by atoms with Gasteiger partial charge in [-0.3, -0.25) is 4.79 Å². The third kappa shape index (κ3) is 5.50. The molecule has 0 aliphatic carbocycles. The highest BCUT2D eigenvalue weighted by Gasteiger charge is 2.33. The van der Waals surface area contributed by atoms with E-state index in [9.17, 15) is 4.79 Å². The van der Waals surface area contributed by atoms with Gasteiger partial charge in [-0.2, -0.15) is 0 Å². The summed E-state index contributed by atoms with van der Waals surface area (Å²) < 4.78 is 0.538. The number of rotatable bonds is 5. The monoisotopic (exact) mass is 488 g/mol. The molecule has 0 spiro atoms. The van der Waals surface area contributed by atoms with E-state index < -0.39 is 0 Å². The van der Waals surface area contributed by atoms with Gasteiger partial charge in [0.05, 0.1) is 31.5 Å². The fraction of sp³-hybridized carbons (Fsp3) is 0.286. The average molecular weight is 489 g/mol. The van der Waals surface area contributed by atoms with Crippen LogP contribution in [0.2, 0.25) is 5.02 Å². The Labute approximate surface area is 211 Å². The zero-order valence-electron chi connectivity index (χ0n) is 20.0. The van der Waals surface area contributed by atoms with Crippen molar-refractivity contribution < 1.29 is 9.39 Å². The normalized spacial score (nSPS) is 16.3. The third-order valence-corrected chi connectivity index (χ3v) is 6.99. The van der Waals surface area contributed by atoms with Crippen molar-refractivity contribution >= 4 is 40.4 Å². The molecule has 0 unspecified atom stereocenters. The number of aliphatic imine (C=N–C) groups is 1. The van der Waals surface area contributed by atoms with E-state index in [0.717, 1.165) is 67.5 Å². The highest BCUT2D eigenvalue weighted by molar-refractivity contribution is 6.31. The number of carbonyl (C=O) groups excluding carboxylic acids is 1. The van der Waals surface area contributed by atoms with E-state index in [1.807, 2.05) is 48.5 Å². The number of nitrogens with one attached hydrogen (secondary N) is 2. The number of benzene rings is 3. The Bertz CT molecular complexity index is 1240. The van der Waals surface area contributed by atoms with Gasteiger partial charge in [0.25, 0.3) is 5.91 Å². The molecule has 0 bridgehead atoms. The van der Waals surface area contributed by atoms with Gasteiger partial charge < -0.3 is 10.2 Å². The molecule has 5 rings (SSSR count). The molecule has 180 valence electrons. The van der Waals surface area contributed by atoms with Crippen molar-refractivity contribution in [2.75, 3.05) is 38.5 Å². The van der Waals surface area contributed by atoms with Crippen LogP contribution in [0.3, 0.4) is 0 Å². The highest BCUT2D eigenvalue weighted by atomic mass is 35.5. The summed E-state index contributed by atoms with van der Waals surface area (Å²) in [5.41, 5.74) is 8.41. The van der Waals surface area contributed by atoms with Crippen molar-refractivity contribution in [1.29, 1.82) is 0 Å². The number of para-hydroxylation sites is 1. The molecule has 6 nitrogen and oxygen atoms in total. The molecule has 2 N–H and O–H groups in total. The van der Waals surface area contributed by atoms with Crippen LogP contribution in [-0.2, 0) is 11.2 Å². The van der Waals surface area contributed by atoms with Gasteiger partial charge in [0.2, 0.25) is 0 Å². The Balaban J connectivity index is 1.24. The van der Waals surface area contributed by atoms with Crippen LogP contribution < -0.4 is 10.7 Å². The van der Waals surface area contributed by atoms with Crippen LogP contribution in [-0.4, -0.2) is 54.5 Å². The summed E-state index contributed by atoms with van der Waals surface area (Å²) in [7, 11) is 2.10. The summed E-state index contributed by atoms with van der Waals surface area (Å²) in [5.74, 6) is 1.05. The van der Waals surface area contributed by atoms with Crippen LogP contribution in [0, 0.1) is 0 Å². The van der Waals surface area contributed by atoms with E-state index in [1.165, 1.54) is 5.56 Å². The van der Waals surface area contributed by atoms with E-state index in [0.29, 0.717) is 16.0 Å². The average Bonchev–Trinajstić information content (AvgIpc) is 3.01. The van der Waals surface area contributed by atoms with E-state index in [1.54, 1.807) is 0 Å². The fourth-order valence-electron chi connectivity index (χ4n) is 4.74. The van der Waals surface area contributed by atoms with Crippen molar-refractivity contribution in [2.24, 2.45) is 4.99 Å². The quantitative estimate of drug-likeness (QED) is 0.480. The molecule has 1 saturated heterocycles. The van der Waals surface area contributed by atoms with E-state index in [2.05, 4.69) is 47.0 Å². The Kier molecular flexibility index (Phi) is 6.75. The first-order valence-electron chi connectivity index (χ1n) is 12.2. The van der Waals surface area contributed by atoms with Gasteiger partial charge in [0.15, 0.2) is 0 Å². The molecular formula is C28H31ClN5O+. The maximum absolute atomic E-state index is 12.7. The molecule has 0 atom stereocenters. The zero-order chi connectivity index (χ0) is 24.3. The molecule has 7 heteroatoms. The van der Waals surface area contributed by atoms with E-state index >= 15 is 0 Å². The minimum atomic E-state index is 0.113. The zero-order valence-corrected chi connectivity index (χ0v) is 20.8. The van der Waals surface area contributed by atoms with E-state index in [-0.39, 0.29) is 5.91 Å². The molecule has 2 aliphatic heterocycles. The minimum absolute atomic E-state index is 0.113.